The maximum atomic E-state index is 12.4. The predicted molar refractivity (Wildman–Crippen MR) is 362 cm³/mol. The van der Waals surface area contributed by atoms with Crippen molar-refractivity contribution in [2.24, 2.45) is 22.9 Å². The summed E-state index contributed by atoms with van der Waals surface area (Å²) in [5, 5.41) is 5.43. The van der Waals surface area contributed by atoms with Crippen molar-refractivity contribution in [3.8, 4) is 0 Å². The van der Waals surface area contributed by atoms with E-state index < -0.39 is 60.1 Å². The SMILES string of the molecule is CCc1cccc(CC(N)C(=O)OC)c1.CCc1cccc(CC(N)C(=O)OC)n1.CCc1cccc(C[C@H](NC(=O)[C@H](N)Cc2ccccc2)C(=O)OC)c1.CCc1cccc(C[C@H](NC(=O)[C@H](N)Cc2ccccc2)C(=O)OC)n1.P.P.P.P. The normalized spacial score (nSPS) is 12.0. The van der Waals surface area contributed by atoms with Crippen LogP contribution in [0.4, 0.5) is 0 Å². The Morgan fingerprint density at radius 3 is 1.02 bits per heavy atom. The number of ether oxygens (including phenoxy) is 4. The summed E-state index contributed by atoms with van der Waals surface area (Å²) in [6.07, 6.45) is 5.93. The van der Waals surface area contributed by atoms with Crippen LogP contribution in [-0.4, -0.2) is 110 Å². The van der Waals surface area contributed by atoms with Gasteiger partial charge >= 0.3 is 23.9 Å². The van der Waals surface area contributed by atoms with E-state index in [0.717, 1.165) is 70.7 Å². The highest BCUT2D eigenvalue weighted by molar-refractivity contribution is 6.92. The molecule has 2 aromatic heterocycles. The summed E-state index contributed by atoms with van der Waals surface area (Å²) in [5.41, 5.74) is 33.2. The van der Waals surface area contributed by atoms with Gasteiger partial charge in [0, 0.05) is 42.0 Å². The molecule has 86 heavy (non-hydrogen) atoms. The van der Waals surface area contributed by atoms with Gasteiger partial charge in [-0.2, -0.15) is 39.6 Å². The van der Waals surface area contributed by atoms with Crippen molar-refractivity contribution in [3.05, 3.63) is 202 Å². The van der Waals surface area contributed by atoms with E-state index in [1.54, 1.807) is 0 Å². The van der Waals surface area contributed by atoms with Gasteiger partial charge < -0.3 is 52.5 Å². The van der Waals surface area contributed by atoms with Gasteiger partial charge in [0.05, 0.1) is 40.5 Å². The smallest absolute Gasteiger partial charge is 0.328 e. The van der Waals surface area contributed by atoms with Gasteiger partial charge in [0.25, 0.3) is 0 Å². The van der Waals surface area contributed by atoms with Crippen LogP contribution < -0.4 is 33.6 Å². The van der Waals surface area contributed by atoms with E-state index in [1.165, 1.54) is 39.6 Å². The largest absolute Gasteiger partial charge is 0.468 e. The van der Waals surface area contributed by atoms with Crippen LogP contribution in [0.15, 0.2) is 146 Å². The highest BCUT2D eigenvalue weighted by Gasteiger charge is 2.27. The third-order valence-electron chi connectivity index (χ3n) is 12.9. The average Bonchev–Trinajstić information content (AvgIpc) is 3.66. The van der Waals surface area contributed by atoms with Gasteiger partial charge in [0.15, 0.2) is 0 Å². The van der Waals surface area contributed by atoms with E-state index in [0.29, 0.717) is 32.1 Å². The number of hydrogen-bond donors (Lipinski definition) is 6. The summed E-state index contributed by atoms with van der Waals surface area (Å²) >= 11 is 0. The molecule has 2 amide bonds. The summed E-state index contributed by atoms with van der Waals surface area (Å²) in [7, 11) is 5.29. The number of nitrogens with one attached hydrogen (secondary N) is 2. The fourth-order valence-electron chi connectivity index (χ4n) is 8.18. The molecule has 10 N–H and O–H groups in total. The molecule has 2 heterocycles. The number of methoxy groups -OCH3 is 4. The monoisotopic (exact) mass is 1260 g/mol. The molecule has 0 fully saturated rings. The van der Waals surface area contributed by atoms with Crippen molar-refractivity contribution in [3.63, 3.8) is 0 Å². The third-order valence-corrected chi connectivity index (χ3v) is 12.9. The number of pyridine rings is 2. The molecule has 0 bridgehead atoms. The lowest BCUT2D eigenvalue weighted by Crippen LogP contribution is -2.50. The van der Waals surface area contributed by atoms with Crippen LogP contribution in [0.3, 0.4) is 0 Å². The molecule has 22 heteroatoms. The first-order valence-electron chi connectivity index (χ1n) is 27.5. The molecule has 0 aliphatic heterocycles. The second kappa shape index (κ2) is 45.8. The quantitative estimate of drug-likeness (QED) is 0.0243. The molecule has 4 aromatic carbocycles. The number of carbonyl (C=O) groups is 6. The summed E-state index contributed by atoms with van der Waals surface area (Å²) in [6, 6.07) is 42.2. The van der Waals surface area contributed by atoms with E-state index >= 15 is 0 Å². The van der Waals surface area contributed by atoms with Crippen LogP contribution in [0.1, 0.15) is 83.9 Å². The Hall–Kier alpha value is -6.44. The maximum absolute atomic E-state index is 12.4. The van der Waals surface area contributed by atoms with Gasteiger partial charge in [-0.15, -0.1) is 0 Å². The average molecular weight is 1260 g/mol. The number of benzene rings is 4. The van der Waals surface area contributed by atoms with E-state index in [-0.39, 0.29) is 57.9 Å². The highest BCUT2D eigenvalue weighted by atomic mass is 31.0. The molecule has 6 rings (SSSR count). The molecule has 10 atom stereocenters. The Kier molecular flexibility index (Phi) is 43.5. The topological polar surface area (TPSA) is 293 Å². The number of hydrogen-bond acceptors (Lipinski definition) is 16. The minimum atomic E-state index is -0.825. The van der Waals surface area contributed by atoms with E-state index in [2.05, 4.69) is 56.1 Å². The molecular weight excluding hydrogens is 1160 g/mol. The Labute approximate surface area is 522 Å². The molecular formula is C64H96N8O10P4. The van der Waals surface area contributed by atoms with Crippen LogP contribution in [0.2, 0.25) is 0 Å². The zero-order valence-electron chi connectivity index (χ0n) is 51.5. The van der Waals surface area contributed by atoms with Crippen molar-refractivity contribution in [2.75, 3.05) is 28.4 Å². The van der Waals surface area contributed by atoms with Gasteiger partial charge in [-0.3, -0.25) is 29.1 Å². The standard InChI is InChI=1S/C21H26N2O3.C20H25N3O3.C12H17NO2.C11H16N2O2.4H3P/c1-3-15-10-7-11-17(12-15)14-19(21(25)26-2)23-20(24)18(22)13-16-8-5-4-6-9-16;1-3-15-10-7-11-16(22-15)13-18(20(25)26-2)23-19(24)17(21)12-14-8-5-4-6-9-14;1-3-9-5-4-6-10(7-9)8-11(13)12(14)15-2;1-3-8-5-4-6-9(13-8)7-10(12)11(14)15-2;;;;/h4-12,18-19H,3,13-14,22H2,1-2H3,(H,23,24);4-11,17-18H,3,12-13,21H2,1-2H3,(H,23,24);4-7,11H,3,8,13H2,1-2H3;4-6,10H,3,7,12H2,1-2H3;4*1H3/t18-,19+;17-,18+;;;;;;/m11....../s1. The van der Waals surface area contributed by atoms with Crippen molar-refractivity contribution in [1.29, 1.82) is 0 Å². The van der Waals surface area contributed by atoms with Gasteiger partial charge in [-0.1, -0.05) is 149 Å². The van der Waals surface area contributed by atoms with Gasteiger partial charge in [0.1, 0.15) is 24.2 Å². The summed E-state index contributed by atoms with van der Waals surface area (Å²) in [4.78, 5) is 80.1. The first-order valence-corrected chi connectivity index (χ1v) is 27.5. The molecule has 0 saturated heterocycles. The second-order valence-corrected chi connectivity index (χ2v) is 19.1. The lowest BCUT2D eigenvalue weighted by Gasteiger charge is -2.19. The predicted octanol–water partition coefficient (Wildman–Crippen LogP) is 5.64. The van der Waals surface area contributed by atoms with Crippen LogP contribution in [0.5, 0.6) is 0 Å². The van der Waals surface area contributed by atoms with Crippen molar-refractivity contribution in [1.82, 2.24) is 20.6 Å². The van der Waals surface area contributed by atoms with E-state index in [9.17, 15) is 28.8 Å². The summed E-state index contributed by atoms with van der Waals surface area (Å²) in [5.74, 6) is -2.52. The van der Waals surface area contributed by atoms with Crippen molar-refractivity contribution in [2.45, 2.75) is 128 Å². The first kappa shape index (κ1) is 81.6. The van der Waals surface area contributed by atoms with E-state index in [4.69, 9.17) is 32.4 Å². The number of nitrogens with two attached hydrogens (primary N) is 4. The number of esters is 4. The summed E-state index contributed by atoms with van der Waals surface area (Å²) in [6.45, 7) is 8.21. The van der Waals surface area contributed by atoms with Gasteiger partial charge in [0.2, 0.25) is 11.8 Å². The Balaban J connectivity index is 0. The van der Waals surface area contributed by atoms with Gasteiger partial charge in [-0.05, 0) is 103 Å². The zero-order valence-corrected chi connectivity index (χ0v) is 57.2. The molecule has 0 aliphatic carbocycles. The Morgan fingerprint density at radius 2 is 0.651 bits per heavy atom. The minimum Gasteiger partial charge on any atom is -0.468 e. The fraction of sp³-hybridized carbons (Fsp3) is 0.375. The maximum Gasteiger partial charge on any atom is 0.328 e. The number of nitrogens with zero attached hydrogens (tertiary/aromatic N) is 2. The van der Waals surface area contributed by atoms with Crippen LogP contribution in [0.25, 0.3) is 0 Å². The van der Waals surface area contributed by atoms with Crippen LogP contribution in [-0.2, 0) is 112 Å². The summed E-state index contributed by atoms with van der Waals surface area (Å²) < 4.78 is 18.8. The molecule has 6 aromatic rings. The van der Waals surface area contributed by atoms with E-state index in [1.807, 2.05) is 147 Å². The number of rotatable bonds is 24. The fourth-order valence-corrected chi connectivity index (χ4v) is 8.18. The molecule has 18 nitrogen and oxygen atoms in total. The lowest BCUT2D eigenvalue weighted by atomic mass is 10.0. The van der Waals surface area contributed by atoms with Crippen LogP contribution >= 0.6 is 39.6 Å². The Bertz CT molecular complexity index is 2720. The van der Waals surface area contributed by atoms with Crippen LogP contribution in [0, 0.1) is 0 Å². The first-order chi connectivity index (χ1) is 39.4. The number of carbonyl (C=O) groups excluding carboxylic acids is 6. The van der Waals surface area contributed by atoms with Crippen molar-refractivity contribution < 1.29 is 47.7 Å². The molecule has 0 radical (unpaired) electrons. The highest BCUT2D eigenvalue weighted by Crippen LogP contribution is 2.13. The number of amides is 2. The minimum absolute atomic E-state index is 0. The molecule has 6 unspecified atom stereocenters. The third kappa shape index (κ3) is 30.8. The van der Waals surface area contributed by atoms with Gasteiger partial charge in [-0.25, -0.2) is 9.59 Å². The molecule has 0 aliphatic rings. The molecule has 472 valence electrons. The number of aromatic nitrogens is 2. The lowest BCUT2D eigenvalue weighted by molar-refractivity contribution is -0.145. The van der Waals surface area contributed by atoms with Crippen molar-refractivity contribution >= 4 is 75.3 Å². The Morgan fingerprint density at radius 1 is 0.349 bits per heavy atom. The number of aryl methyl sites for hydroxylation is 4. The molecule has 0 saturated carbocycles. The second-order valence-electron chi connectivity index (χ2n) is 19.1. The molecule has 0 spiro atoms. The zero-order chi connectivity index (χ0) is 60.4.